The minimum atomic E-state index is -4.72. The molecule has 1 N–H and O–H groups in total. The fourth-order valence-electron chi connectivity index (χ4n) is 1.40. The number of benzene rings is 1. The molecule has 21 heavy (non-hydrogen) atoms. The highest BCUT2D eigenvalue weighted by Gasteiger charge is 2.20. The Bertz CT molecular complexity index is 849. The van der Waals surface area contributed by atoms with Gasteiger partial charge in [-0.05, 0) is 11.6 Å². The van der Waals surface area contributed by atoms with Crippen molar-refractivity contribution < 1.29 is 17.8 Å². The minimum absolute atomic E-state index is 0.203. The zero-order valence-electron chi connectivity index (χ0n) is 10.0. The molecule has 0 aromatic heterocycles. The van der Waals surface area contributed by atoms with Crippen molar-refractivity contribution in [3.63, 3.8) is 0 Å². The fraction of sp³-hybridized carbons (Fsp3) is 0. The van der Waals surface area contributed by atoms with E-state index in [4.69, 9.17) is 5.53 Å². The van der Waals surface area contributed by atoms with Crippen LogP contribution >= 0.6 is 0 Å². The lowest BCUT2D eigenvalue weighted by Gasteiger charge is -2.04. The van der Waals surface area contributed by atoms with Gasteiger partial charge in [-0.25, -0.2) is 0 Å². The highest BCUT2D eigenvalue weighted by molar-refractivity contribution is 7.86. The summed E-state index contributed by atoms with van der Waals surface area (Å²) >= 11 is 0. The first-order valence-corrected chi connectivity index (χ1v) is 6.60. The van der Waals surface area contributed by atoms with E-state index < -0.39 is 20.9 Å². The van der Waals surface area contributed by atoms with Crippen LogP contribution in [0, 0.1) is 0 Å². The van der Waals surface area contributed by atoms with E-state index in [1.807, 2.05) is 0 Å². The van der Waals surface area contributed by atoms with Crippen LogP contribution in [0.2, 0.25) is 0 Å². The van der Waals surface area contributed by atoms with Crippen LogP contribution in [-0.4, -0.2) is 18.9 Å². The summed E-state index contributed by atoms with van der Waals surface area (Å²) < 4.78 is 31.9. The number of hydrogen-bond acceptors (Lipinski definition) is 7. The molecule has 12 heteroatoms. The molecule has 0 fully saturated rings. The van der Waals surface area contributed by atoms with Gasteiger partial charge in [0.05, 0.1) is 11.9 Å². The number of carbonyl (C=O) groups is 1. The lowest BCUT2D eigenvalue weighted by Crippen LogP contribution is -1.99. The lowest BCUT2D eigenvalue weighted by atomic mass is 10.3. The largest absolute Gasteiger partial charge is 0.317 e. The smallest absolute Gasteiger partial charge is 0.282 e. The molecule has 106 valence electrons. The first kappa shape index (κ1) is 14.5. The second-order valence-electron chi connectivity index (χ2n) is 3.52. The van der Waals surface area contributed by atoms with E-state index in [9.17, 15) is 17.8 Å². The first-order chi connectivity index (χ1) is 9.93. The molecule has 1 aromatic rings. The Hall–Kier alpha value is -2.95. The van der Waals surface area contributed by atoms with Gasteiger partial charge in [0, 0.05) is 4.91 Å². The Morgan fingerprint density at radius 1 is 1.24 bits per heavy atom. The van der Waals surface area contributed by atoms with Crippen LogP contribution in [-0.2, 0) is 14.9 Å². The van der Waals surface area contributed by atoms with Gasteiger partial charge in [-0.15, -0.1) is 15.3 Å². The number of hydrogen-bond donors (Lipinski definition) is 1. The predicted octanol–water partition coefficient (Wildman–Crippen LogP) is 2.79. The third-order valence-electron chi connectivity index (χ3n) is 2.20. The van der Waals surface area contributed by atoms with E-state index in [2.05, 4.69) is 30.5 Å². The predicted molar refractivity (Wildman–Crippen MR) is 67.5 cm³/mol. The molecule has 1 heterocycles. The summed E-state index contributed by atoms with van der Waals surface area (Å²) in [6, 6.07) is 3.72. The molecule has 0 bridgehead atoms. The Balaban J connectivity index is 2.54. The number of amides is 1. The van der Waals surface area contributed by atoms with Crippen molar-refractivity contribution in [1.82, 2.24) is 0 Å². The summed E-state index contributed by atoms with van der Waals surface area (Å²) in [6.07, 6.45) is 1.04. The van der Waals surface area contributed by atoms with Crippen LogP contribution in [0.4, 0.5) is 11.4 Å². The molecule has 0 radical (unpaired) electrons. The quantitative estimate of drug-likeness (QED) is 0.390. The molecule has 11 nitrogen and oxygen atoms in total. The normalized spacial score (nSPS) is 14.3. The Kier molecular flexibility index (Phi) is 3.84. The molecule has 0 unspecified atom stereocenters. The maximum absolute atomic E-state index is 11.4. The third kappa shape index (κ3) is 3.14. The number of azo groups is 2. The van der Waals surface area contributed by atoms with Crippen LogP contribution in [0.1, 0.15) is 0 Å². The van der Waals surface area contributed by atoms with Crippen LogP contribution in [0.25, 0.3) is 10.4 Å². The van der Waals surface area contributed by atoms with Crippen molar-refractivity contribution in [1.29, 1.82) is 0 Å². The zero-order valence-corrected chi connectivity index (χ0v) is 10.8. The van der Waals surface area contributed by atoms with Crippen molar-refractivity contribution in [2.75, 3.05) is 0 Å². The van der Waals surface area contributed by atoms with Crippen LogP contribution in [0.3, 0.4) is 0 Å². The van der Waals surface area contributed by atoms with Crippen LogP contribution < -0.4 is 0 Å². The minimum Gasteiger partial charge on any atom is -0.282 e. The van der Waals surface area contributed by atoms with Crippen LogP contribution in [0.5, 0.6) is 0 Å². The lowest BCUT2D eigenvalue weighted by molar-refractivity contribution is -0.114. The molecule has 2 rings (SSSR count). The van der Waals surface area contributed by atoms with Gasteiger partial charge in [0.1, 0.15) is 10.6 Å². The average Bonchev–Trinajstić information content (AvgIpc) is 2.81. The molecule has 0 spiro atoms. The second-order valence-corrected chi connectivity index (χ2v) is 4.88. The van der Waals surface area contributed by atoms with Crippen molar-refractivity contribution in [2.45, 2.75) is 4.90 Å². The van der Waals surface area contributed by atoms with Crippen molar-refractivity contribution in [3.05, 3.63) is 40.5 Å². The van der Waals surface area contributed by atoms with E-state index in [0.29, 0.717) is 0 Å². The van der Waals surface area contributed by atoms with E-state index in [1.165, 1.54) is 18.2 Å². The van der Waals surface area contributed by atoms with Crippen molar-refractivity contribution >= 4 is 27.4 Å². The van der Waals surface area contributed by atoms with Gasteiger partial charge in [0.25, 0.3) is 10.1 Å². The zero-order chi connectivity index (χ0) is 15.5. The second kappa shape index (κ2) is 5.58. The maximum atomic E-state index is 11.4. The van der Waals surface area contributed by atoms with Crippen LogP contribution in [0.15, 0.2) is 60.6 Å². The molecular weight excluding hydrogens is 302 g/mol. The first-order valence-electron chi connectivity index (χ1n) is 5.16. The van der Waals surface area contributed by atoms with E-state index >= 15 is 0 Å². The molecule has 0 aliphatic carbocycles. The molecule has 0 saturated carbocycles. The van der Waals surface area contributed by atoms with Gasteiger partial charge in [-0.3, -0.25) is 9.35 Å². The third-order valence-corrected chi connectivity index (χ3v) is 3.13. The molecule has 0 atom stereocenters. The molecule has 0 saturated heterocycles. The van der Waals surface area contributed by atoms with Crippen molar-refractivity contribution in [3.8, 4) is 0 Å². The van der Waals surface area contributed by atoms with Gasteiger partial charge in [-0.2, -0.15) is 13.5 Å². The summed E-state index contributed by atoms with van der Waals surface area (Å²) in [6.45, 7) is 0. The van der Waals surface area contributed by atoms with Gasteiger partial charge in [0.2, 0.25) is 0 Å². The summed E-state index contributed by atoms with van der Waals surface area (Å²) in [7, 11) is -4.72. The Morgan fingerprint density at radius 2 is 1.95 bits per heavy atom. The number of carbonyl (C=O) groups excluding carboxylic acids is 1. The Morgan fingerprint density at radius 3 is 2.52 bits per heavy atom. The topological polar surface area (TPSA) is 170 Å². The molecule has 1 amide bonds. The van der Waals surface area contributed by atoms with Gasteiger partial charge < -0.3 is 0 Å². The summed E-state index contributed by atoms with van der Waals surface area (Å²) in [4.78, 5) is 12.9. The molecular formula is C9H5N7O4S. The number of rotatable bonds is 4. The highest BCUT2D eigenvalue weighted by Crippen LogP contribution is 2.34. The van der Waals surface area contributed by atoms with Gasteiger partial charge in [0.15, 0.2) is 5.70 Å². The molecule has 1 aromatic carbocycles. The standard InChI is InChI=1S/C9H5N7O4S/c10-16-14-6-3-1-2-5(8(6)21(18,19)20)12-13-7-4-11-15-9(7)17/h1-4H,(H,18,19,20). The maximum Gasteiger partial charge on any atom is 0.317 e. The number of nitrogens with zero attached hydrogens (tertiary/aromatic N) is 7. The fourth-order valence-corrected chi connectivity index (χ4v) is 2.15. The Labute approximate surface area is 117 Å². The van der Waals surface area contributed by atoms with E-state index in [0.717, 1.165) is 6.20 Å². The number of azide groups is 1. The summed E-state index contributed by atoms with van der Waals surface area (Å²) in [5.41, 5.74) is 7.53. The highest BCUT2D eigenvalue weighted by atomic mass is 32.2. The monoisotopic (exact) mass is 307 g/mol. The summed E-state index contributed by atoms with van der Waals surface area (Å²) in [5.74, 6) is -0.738. The summed E-state index contributed by atoms with van der Waals surface area (Å²) in [5, 5.41) is 16.6. The molecule has 1 aliphatic heterocycles. The SMILES string of the molecule is [N-]=[N+]=Nc1cccc(N=NC2=CN=NC2=O)c1S(=O)(=O)O. The van der Waals surface area contributed by atoms with E-state index in [-0.39, 0.29) is 17.1 Å². The molecule has 1 aliphatic rings. The van der Waals surface area contributed by atoms with E-state index in [1.54, 1.807) is 0 Å². The van der Waals surface area contributed by atoms with Gasteiger partial charge >= 0.3 is 5.91 Å². The van der Waals surface area contributed by atoms with Crippen molar-refractivity contribution in [2.24, 2.45) is 25.6 Å². The average molecular weight is 307 g/mol. The van der Waals surface area contributed by atoms with Gasteiger partial charge in [-0.1, -0.05) is 17.2 Å².